The molecule has 21 heavy (non-hydrogen) atoms. The topological polar surface area (TPSA) is 45.9 Å². The van der Waals surface area contributed by atoms with Crippen molar-refractivity contribution in [3.05, 3.63) is 58.6 Å². The first-order valence-corrected chi connectivity index (χ1v) is 7.61. The second-order valence-corrected chi connectivity index (χ2v) is 5.75. The summed E-state index contributed by atoms with van der Waals surface area (Å²) in [7, 11) is 2.14. The van der Waals surface area contributed by atoms with Crippen LogP contribution in [-0.4, -0.2) is 12.8 Å². The number of hydrogen-bond donors (Lipinski definition) is 0. The Kier molecular flexibility index (Phi) is 3.89. The molecule has 0 aliphatic carbocycles. The molecule has 0 aliphatic rings. The van der Waals surface area contributed by atoms with Crippen LogP contribution in [0.2, 0.25) is 0 Å². The number of rotatable bonds is 4. The van der Waals surface area contributed by atoms with Crippen molar-refractivity contribution in [2.24, 2.45) is 0 Å². The minimum atomic E-state index is 0.484. The second-order valence-electron chi connectivity index (χ2n) is 4.72. The van der Waals surface area contributed by atoms with Crippen LogP contribution in [0.15, 0.2) is 42.5 Å². The summed E-state index contributed by atoms with van der Waals surface area (Å²) < 4.78 is 6.82. The molecule has 0 amide bonds. The van der Waals surface area contributed by atoms with Crippen molar-refractivity contribution >= 4 is 29.4 Å². The molecule has 0 unspecified atom stereocenters. The van der Waals surface area contributed by atoms with Crippen molar-refractivity contribution in [1.29, 1.82) is 5.26 Å². The Labute approximate surface area is 128 Å². The molecule has 0 radical (unpaired) electrons. The summed E-state index contributed by atoms with van der Waals surface area (Å²) >= 11 is 1.39. The van der Waals surface area contributed by atoms with E-state index in [0.29, 0.717) is 11.6 Å². The summed E-state index contributed by atoms with van der Waals surface area (Å²) in [5.74, 6) is 0.803. The molecule has 0 bridgehead atoms. The molecule has 0 spiro atoms. The Hall–Kier alpha value is -2.32. The number of nitrogens with zero attached hydrogens (tertiary/aromatic N) is 2. The zero-order chi connectivity index (χ0) is 14.7. The molecule has 102 valence electrons. The van der Waals surface area contributed by atoms with Gasteiger partial charge in [0, 0.05) is 0 Å². The van der Waals surface area contributed by atoms with E-state index in [1.54, 1.807) is 0 Å². The molecule has 1 heterocycles. The number of fused-ring (bicyclic) bond motifs is 1. The van der Waals surface area contributed by atoms with Crippen LogP contribution in [0.25, 0.3) is 10.2 Å². The highest BCUT2D eigenvalue weighted by Crippen LogP contribution is 2.26. The summed E-state index contributed by atoms with van der Waals surface area (Å²) in [6.07, 6.45) is 1.03. The maximum Gasteiger partial charge on any atom is 0.195 e. The molecule has 0 saturated heterocycles. The van der Waals surface area contributed by atoms with Crippen LogP contribution in [0.3, 0.4) is 0 Å². The average molecular weight is 292 g/mol. The van der Waals surface area contributed by atoms with Gasteiger partial charge in [0.05, 0.1) is 10.2 Å². The predicted molar refractivity (Wildman–Crippen MR) is 87.4 cm³/mol. The van der Waals surface area contributed by atoms with Gasteiger partial charge in [0.15, 0.2) is 5.01 Å². The molecule has 2 aromatic carbocycles. The van der Waals surface area contributed by atoms with Gasteiger partial charge >= 0.3 is 0 Å². The van der Waals surface area contributed by atoms with E-state index < -0.39 is 0 Å². The third kappa shape index (κ3) is 3.06. The van der Waals surface area contributed by atoms with E-state index in [1.807, 2.05) is 18.2 Å². The fourth-order valence-electron chi connectivity index (χ4n) is 2.15. The van der Waals surface area contributed by atoms with Crippen molar-refractivity contribution in [1.82, 2.24) is 4.98 Å². The van der Waals surface area contributed by atoms with Gasteiger partial charge in [-0.2, -0.15) is 5.26 Å². The molecule has 1 aromatic heterocycles. The standard InChI is InChI=1S/C16H13BN2OS/c17-8-11-2-1-3-12(6-11)10-20-13-4-5-14-15(7-13)21-16(9-18)19-14/h1-7H,8,10,17H2. The van der Waals surface area contributed by atoms with Crippen molar-refractivity contribution in [3.63, 3.8) is 0 Å². The van der Waals surface area contributed by atoms with Gasteiger partial charge in [-0.05, 0) is 23.8 Å². The highest BCUT2D eigenvalue weighted by molar-refractivity contribution is 7.19. The summed E-state index contributed by atoms with van der Waals surface area (Å²) in [5.41, 5.74) is 3.32. The lowest BCUT2D eigenvalue weighted by Crippen LogP contribution is -1.96. The quantitative estimate of drug-likeness (QED) is 0.695. The van der Waals surface area contributed by atoms with Crippen LogP contribution in [0.4, 0.5) is 0 Å². The van der Waals surface area contributed by atoms with E-state index in [2.05, 4.69) is 43.2 Å². The highest BCUT2D eigenvalue weighted by atomic mass is 32.1. The van der Waals surface area contributed by atoms with Crippen molar-refractivity contribution < 1.29 is 4.74 Å². The fourth-order valence-corrected chi connectivity index (χ4v) is 2.94. The van der Waals surface area contributed by atoms with E-state index in [0.717, 1.165) is 27.8 Å². The van der Waals surface area contributed by atoms with E-state index >= 15 is 0 Å². The highest BCUT2D eigenvalue weighted by Gasteiger charge is 2.05. The number of nitriles is 1. The van der Waals surface area contributed by atoms with Gasteiger partial charge < -0.3 is 4.74 Å². The Morgan fingerprint density at radius 1 is 1.19 bits per heavy atom. The molecule has 5 heteroatoms. The van der Waals surface area contributed by atoms with Gasteiger partial charge in [0.2, 0.25) is 0 Å². The zero-order valence-corrected chi connectivity index (χ0v) is 12.5. The molecular weight excluding hydrogens is 279 g/mol. The van der Waals surface area contributed by atoms with Crippen molar-refractivity contribution in [2.75, 3.05) is 0 Å². The van der Waals surface area contributed by atoms with E-state index in [9.17, 15) is 0 Å². The number of thiazole rings is 1. The minimum Gasteiger partial charge on any atom is -0.489 e. The van der Waals surface area contributed by atoms with Gasteiger partial charge in [-0.25, -0.2) is 4.98 Å². The van der Waals surface area contributed by atoms with Crippen LogP contribution in [0, 0.1) is 11.3 Å². The monoisotopic (exact) mass is 292 g/mol. The molecule has 0 saturated carbocycles. The number of benzene rings is 2. The molecule has 3 rings (SSSR count). The first kappa shape index (κ1) is 13.7. The van der Waals surface area contributed by atoms with Crippen LogP contribution in [0.5, 0.6) is 5.75 Å². The van der Waals surface area contributed by atoms with Crippen LogP contribution in [0.1, 0.15) is 16.1 Å². The van der Waals surface area contributed by atoms with Crippen LogP contribution < -0.4 is 4.74 Å². The van der Waals surface area contributed by atoms with E-state index in [1.165, 1.54) is 16.9 Å². The Balaban J connectivity index is 1.76. The third-order valence-electron chi connectivity index (χ3n) is 3.26. The van der Waals surface area contributed by atoms with Crippen molar-refractivity contribution in [2.45, 2.75) is 12.9 Å². The lowest BCUT2D eigenvalue weighted by Gasteiger charge is -2.07. The maximum atomic E-state index is 8.88. The van der Waals surface area contributed by atoms with Crippen LogP contribution >= 0.6 is 11.3 Å². The Morgan fingerprint density at radius 3 is 2.86 bits per heavy atom. The molecule has 0 aliphatic heterocycles. The molecular formula is C16H13BN2OS. The molecule has 3 aromatic rings. The second kappa shape index (κ2) is 5.98. The maximum absolute atomic E-state index is 8.88. The summed E-state index contributed by atoms with van der Waals surface area (Å²) in [6.45, 7) is 0.545. The average Bonchev–Trinajstić information content (AvgIpc) is 2.95. The summed E-state index contributed by atoms with van der Waals surface area (Å²) in [5, 5.41) is 9.36. The third-order valence-corrected chi connectivity index (χ3v) is 4.18. The summed E-state index contributed by atoms with van der Waals surface area (Å²) in [6, 6.07) is 16.2. The Bertz CT molecular complexity index is 823. The number of ether oxygens (including phenoxy) is 1. The van der Waals surface area contributed by atoms with Gasteiger partial charge in [-0.1, -0.05) is 36.1 Å². The largest absolute Gasteiger partial charge is 0.489 e. The van der Waals surface area contributed by atoms with Gasteiger partial charge in [0.1, 0.15) is 26.3 Å². The fraction of sp³-hybridized carbons (Fsp3) is 0.125. The van der Waals surface area contributed by atoms with Gasteiger partial charge in [-0.15, -0.1) is 11.3 Å². The molecule has 3 nitrogen and oxygen atoms in total. The van der Waals surface area contributed by atoms with E-state index in [4.69, 9.17) is 10.00 Å². The van der Waals surface area contributed by atoms with Crippen LogP contribution in [-0.2, 0) is 12.9 Å². The lowest BCUT2D eigenvalue weighted by molar-refractivity contribution is 0.306. The molecule has 0 fully saturated rings. The smallest absolute Gasteiger partial charge is 0.195 e. The lowest BCUT2D eigenvalue weighted by atomic mass is 9.96. The zero-order valence-electron chi connectivity index (χ0n) is 11.7. The first-order chi connectivity index (χ1) is 10.3. The predicted octanol–water partition coefficient (Wildman–Crippen LogP) is 2.88. The summed E-state index contributed by atoms with van der Waals surface area (Å²) in [4.78, 5) is 4.22. The molecule has 0 N–H and O–H groups in total. The number of hydrogen-bond acceptors (Lipinski definition) is 4. The Morgan fingerprint density at radius 2 is 2.05 bits per heavy atom. The number of aromatic nitrogens is 1. The minimum absolute atomic E-state index is 0.484. The van der Waals surface area contributed by atoms with E-state index in [-0.39, 0.29) is 0 Å². The van der Waals surface area contributed by atoms with Gasteiger partial charge in [0.25, 0.3) is 0 Å². The SMILES string of the molecule is BCc1cccc(COc2ccc3nc(C#N)sc3c2)c1. The van der Waals surface area contributed by atoms with Gasteiger partial charge in [-0.3, -0.25) is 0 Å². The molecule has 0 atom stereocenters. The normalized spacial score (nSPS) is 10.4. The van der Waals surface area contributed by atoms with Crippen molar-refractivity contribution in [3.8, 4) is 11.8 Å². The first-order valence-electron chi connectivity index (χ1n) is 6.80.